The van der Waals surface area contributed by atoms with E-state index < -0.39 is 11.8 Å². The summed E-state index contributed by atoms with van der Waals surface area (Å²) in [6, 6.07) is 20.8. The van der Waals surface area contributed by atoms with Crippen molar-refractivity contribution in [3.63, 3.8) is 0 Å². The number of nitrogens with one attached hydrogen (secondary N) is 2. The maximum absolute atomic E-state index is 13.4. The molecule has 13 nitrogen and oxygen atoms in total. The highest BCUT2D eigenvalue weighted by molar-refractivity contribution is 6.07. The number of pyridine rings is 3. The maximum atomic E-state index is 13.4. The SMILES string of the molecule is Cl.Cl.Cl.Cl.Cl.NCCOc1cc(C(=O)Nc2cc(OCCN)c3ccccc3n2)nc(C(=O)Nc2cc(OCCN)c3ccccc3n2)c1. The van der Waals surface area contributed by atoms with E-state index in [1.54, 1.807) is 24.3 Å². The number of aromatic nitrogens is 3. The number of halogens is 5. The van der Waals surface area contributed by atoms with E-state index in [4.69, 9.17) is 31.4 Å². The van der Waals surface area contributed by atoms with Gasteiger partial charge in [-0.05, 0) is 24.3 Å². The lowest BCUT2D eigenvalue weighted by atomic mass is 10.2. The van der Waals surface area contributed by atoms with Crippen LogP contribution in [-0.4, -0.2) is 66.2 Å². The summed E-state index contributed by atoms with van der Waals surface area (Å²) < 4.78 is 17.2. The number of carbonyl (C=O) groups excluding carboxylic acids is 2. The van der Waals surface area contributed by atoms with Crippen LogP contribution in [0.1, 0.15) is 21.0 Å². The highest BCUT2D eigenvalue weighted by Gasteiger charge is 2.19. The van der Waals surface area contributed by atoms with E-state index in [0.29, 0.717) is 35.6 Å². The van der Waals surface area contributed by atoms with E-state index in [-0.39, 0.29) is 117 Å². The molecule has 49 heavy (non-hydrogen) atoms. The molecule has 3 aromatic heterocycles. The second-order valence-electron chi connectivity index (χ2n) is 9.44. The smallest absolute Gasteiger partial charge is 0.275 e. The van der Waals surface area contributed by atoms with Crippen molar-refractivity contribution in [3.05, 3.63) is 84.2 Å². The molecule has 3 heterocycles. The fourth-order valence-corrected chi connectivity index (χ4v) is 4.35. The molecular weight excluding hydrogens is 742 g/mol. The molecule has 0 unspecified atom stereocenters. The average molecular weight is 779 g/mol. The molecule has 2 amide bonds. The van der Waals surface area contributed by atoms with Crippen molar-refractivity contribution in [1.29, 1.82) is 0 Å². The summed E-state index contributed by atoms with van der Waals surface area (Å²) in [5.74, 6) is 0.485. The number of rotatable bonds is 13. The van der Waals surface area contributed by atoms with Crippen LogP contribution in [0.25, 0.3) is 21.8 Å². The molecule has 8 N–H and O–H groups in total. The van der Waals surface area contributed by atoms with Crippen LogP contribution in [0.2, 0.25) is 0 Å². The summed E-state index contributed by atoms with van der Waals surface area (Å²) in [5.41, 5.74) is 17.9. The zero-order valence-corrected chi connectivity index (χ0v) is 29.9. The van der Waals surface area contributed by atoms with Gasteiger partial charge < -0.3 is 42.0 Å². The third-order valence-electron chi connectivity index (χ3n) is 6.24. The zero-order valence-electron chi connectivity index (χ0n) is 25.8. The summed E-state index contributed by atoms with van der Waals surface area (Å²) in [6.07, 6.45) is 0. The van der Waals surface area contributed by atoms with Gasteiger partial charge in [-0.2, -0.15) is 0 Å². The maximum Gasteiger partial charge on any atom is 0.275 e. The Kier molecular flexibility index (Phi) is 20.2. The van der Waals surface area contributed by atoms with E-state index in [1.165, 1.54) is 12.1 Å². The Balaban J connectivity index is 0.00000461. The second-order valence-corrected chi connectivity index (χ2v) is 9.44. The minimum Gasteiger partial charge on any atom is -0.492 e. The van der Waals surface area contributed by atoms with Crippen molar-refractivity contribution < 1.29 is 23.8 Å². The van der Waals surface area contributed by atoms with Crippen molar-refractivity contribution >= 4 is 107 Å². The molecule has 0 spiro atoms. The first-order chi connectivity index (χ1) is 21.5. The van der Waals surface area contributed by atoms with Gasteiger partial charge in [-0.25, -0.2) is 15.0 Å². The van der Waals surface area contributed by atoms with Crippen molar-refractivity contribution in [1.82, 2.24) is 15.0 Å². The highest BCUT2D eigenvalue weighted by atomic mass is 35.5. The van der Waals surface area contributed by atoms with Gasteiger partial charge in [-0.1, -0.05) is 24.3 Å². The first kappa shape index (κ1) is 45.1. The standard InChI is InChI=1S/C31H32N8O5.5ClH/c32-9-12-42-19-15-24(30(40)38-28-17-26(43-13-10-33)20-5-1-3-7-22(20)36-28)35-25(16-19)31(41)39-29-18-27(44-14-11-34)21-6-2-4-8-23(21)37-29;;;;;/h1-8,15-18H,9-14,32-34H2,(H,36,38,40)(H,37,39,41);5*1H. The molecule has 0 aliphatic rings. The quantitative estimate of drug-likeness (QED) is 0.110. The van der Waals surface area contributed by atoms with Gasteiger partial charge in [-0.3, -0.25) is 9.59 Å². The average Bonchev–Trinajstić information content (AvgIpc) is 3.04. The van der Waals surface area contributed by atoms with Crippen LogP contribution < -0.4 is 42.0 Å². The fourth-order valence-electron chi connectivity index (χ4n) is 4.35. The number of hydrogen-bond acceptors (Lipinski definition) is 11. The number of anilines is 2. The predicted molar refractivity (Wildman–Crippen MR) is 204 cm³/mol. The van der Waals surface area contributed by atoms with Crippen LogP contribution in [0.15, 0.2) is 72.8 Å². The molecule has 0 bridgehead atoms. The minimum absolute atomic E-state index is 0. The molecule has 0 aliphatic carbocycles. The predicted octanol–water partition coefficient (Wildman–Crippen LogP) is 4.80. The Bertz CT molecular complexity index is 1700. The van der Waals surface area contributed by atoms with Crippen LogP contribution in [0.4, 0.5) is 11.6 Å². The van der Waals surface area contributed by atoms with Gasteiger partial charge in [0.15, 0.2) is 0 Å². The van der Waals surface area contributed by atoms with Crippen molar-refractivity contribution in [2.75, 3.05) is 50.1 Å². The van der Waals surface area contributed by atoms with Crippen molar-refractivity contribution in [3.8, 4) is 17.2 Å². The zero-order chi connectivity index (χ0) is 30.9. The number of para-hydroxylation sites is 2. The first-order valence-corrected chi connectivity index (χ1v) is 13.9. The third-order valence-corrected chi connectivity index (χ3v) is 6.24. The lowest BCUT2D eigenvalue weighted by Crippen LogP contribution is -2.20. The van der Waals surface area contributed by atoms with Crippen LogP contribution in [0.5, 0.6) is 17.2 Å². The monoisotopic (exact) mass is 776 g/mol. The molecule has 0 radical (unpaired) electrons. The lowest BCUT2D eigenvalue weighted by molar-refractivity contribution is 0.101. The van der Waals surface area contributed by atoms with Gasteiger partial charge in [0.25, 0.3) is 11.8 Å². The van der Waals surface area contributed by atoms with Gasteiger partial charge >= 0.3 is 0 Å². The van der Waals surface area contributed by atoms with E-state index >= 15 is 0 Å². The topological polar surface area (TPSA) is 203 Å². The minimum atomic E-state index is -0.619. The number of fused-ring (bicyclic) bond motifs is 2. The van der Waals surface area contributed by atoms with Gasteiger partial charge in [0, 0.05) is 54.7 Å². The van der Waals surface area contributed by atoms with Gasteiger partial charge in [0.2, 0.25) is 0 Å². The summed E-state index contributed by atoms with van der Waals surface area (Å²) in [7, 11) is 0. The Morgan fingerprint density at radius 2 is 0.939 bits per heavy atom. The lowest BCUT2D eigenvalue weighted by Gasteiger charge is -2.13. The van der Waals surface area contributed by atoms with Crippen LogP contribution in [0, 0.1) is 0 Å². The number of hydrogen-bond donors (Lipinski definition) is 5. The van der Waals surface area contributed by atoms with Crippen LogP contribution in [-0.2, 0) is 0 Å². The van der Waals surface area contributed by atoms with E-state index in [0.717, 1.165) is 10.8 Å². The number of nitrogens with two attached hydrogens (primary N) is 3. The second kappa shape index (κ2) is 21.9. The number of ether oxygens (including phenoxy) is 3. The van der Waals surface area contributed by atoms with Crippen molar-refractivity contribution in [2.45, 2.75) is 0 Å². The van der Waals surface area contributed by atoms with E-state index in [2.05, 4.69) is 25.6 Å². The fraction of sp³-hybridized carbons (Fsp3) is 0.194. The normalized spacial score (nSPS) is 9.78. The molecule has 266 valence electrons. The molecule has 0 aliphatic heterocycles. The molecule has 18 heteroatoms. The molecule has 0 saturated heterocycles. The summed E-state index contributed by atoms with van der Waals surface area (Å²) in [5, 5.41) is 7.02. The summed E-state index contributed by atoms with van der Waals surface area (Å²) in [6.45, 7) is 1.60. The molecule has 0 saturated carbocycles. The molecule has 0 atom stereocenters. The Morgan fingerprint density at radius 3 is 1.35 bits per heavy atom. The van der Waals surface area contributed by atoms with Gasteiger partial charge in [0.05, 0.1) is 11.0 Å². The molecule has 5 aromatic rings. The van der Waals surface area contributed by atoms with Crippen LogP contribution >= 0.6 is 62.0 Å². The largest absolute Gasteiger partial charge is 0.492 e. The number of carbonyl (C=O) groups is 2. The Hall–Kier alpha value is -3.92. The molecule has 2 aromatic carbocycles. The Morgan fingerprint density at radius 1 is 0.551 bits per heavy atom. The summed E-state index contributed by atoms with van der Waals surface area (Å²) >= 11 is 0. The van der Waals surface area contributed by atoms with Gasteiger partial charge in [-0.15, -0.1) is 62.0 Å². The van der Waals surface area contributed by atoms with E-state index in [9.17, 15) is 9.59 Å². The summed E-state index contributed by atoms with van der Waals surface area (Å²) in [4.78, 5) is 40.2. The third kappa shape index (κ3) is 11.6. The number of nitrogens with zero attached hydrogens (tertiary/aromatic N) is 3. The first-order valence-electron chi connectivity index (χ1n) is 13.9. The Labute approximate surface area is 313 Å². The number of benzene rings is 2. The molecule has 5 rings (SSSR count). The number of amides is 2. The van der Waals surface area contributed by atoms with Gasteiger partial charge in [0.1, 0.15) is 60.1 Å². The van der Waals surface area contributed by atoms with Crippen molar-refractivity contribution in [2.24, 2.45) is 17.2 Å². The molecule has 0 fully saturated rings. The van der Waals surface area contributed by atoms with E-state index in [1.807, 2.05) is 36.4 Å². The van der Waals surface area contributed by atoms with Crippen LogP contribution in [0.3, 0.4) is 0 Å². The highest BCUT2D eigenvalue weighted by Crippen LogP contribution is 2.29. The molecular formula is C31H37Cl5N8O5.